The molecule has 1 atom stereocenters. The van der Waals surface area contributed by atoms with Crippen molar-refractivity contribution in [1.29, 1.82) is 0 Å². The number of amides is 1. The fourth-order valence-corrected chi connectivity index (χ4v) is 3.82. The van der Waals surface area contributed by atoms with Crippen molar-refractivity contribution in [1.82, 2.24) is 5.32 Å². The first-order chi connectivity index (χ1) is 13.7. The molecule has 2 aromatic carbocycles. The summed E-state index contributed by atoms with van der Waals surface area (Å²) < 4.78 is 54.2. The topological polar surface area (TPSA) is 32.3 Å². The van der Waals surface area contributed by atoms with Crippen molar-refractivity contribution in [3.8, 4) is 0 Å². The Morgan fingerprint density at radius 1 is 1.14 bits per heavy atom. The molecular weight excluding hydrogens is 408 g/mol. The van der Waals surface area contributed by atoms with E-state index in [1.54, 1.807) is 24.3 Å². The molecule has 1 aliphatic carbocycles. The van der Waals surface area contributed by atoms with Crippen LogP contribution in [0.3, 0.4) is 0 Å². The van der Waals surface area contributed by atoms with Crippen LogP contribution >= 0.6 is 11.6 Å². The maximum Gasteiger partial charge on any atom is 0.248 e. The molecule has 2 aromatic rings. The summed E-state index contributed by atoms with van der Waals surface area (Å²) in [5.41, 5.74) is 0.595. The van der Waals surface area contributed by atoms with Crippen LogP contribution in [0.1, 0.15) is 37.3 Å². The molecule has 29 heavy (non-hydrogen) atoms. The molecule has 1 saturated carbocycles. The Morgan fingerprint density at radius 2 is 1.72 bits per heavy atom. The fourth-order valence-electron chi connectivity index (χ4n) is 3.58. The van der Waals surface area contributed by atoms with Gasteiger partial charge in [0.1, 0.15) is 17.7 Å². The third kappa shape index (κ3) is 5.21. The molecule has 1 fully saturated rings. The van der Waals surface area contributed by atoms with E-state index in [-0.39, 0.29) is 31.4 Å². The van der Waals surface area contributed by atoms with Crippen molar-refractivity contribution < 1.29 is 22.4 Å². The van der Waals surface area contributed by atoms with Gasteiger partial charge in [-0.25, -0.2) is 17.6 Å². The Balaban J connectivity index is 1.89. The number of halogens is 5. The lowest BCUT2D eigenvalue weighted by atomic mass is 9.91. The highest BCUT2D eigenvalue weighted by molar-refractivity contribution is 6.31. The van der Waals surface area contributed by atoms with Crippen molar-refractivity contribution in [2.75, 3.05) is 11.9 Å². The maximum absolute atomic E-state index is 13.7. The second-order valence-electron chi connectivity index (χ2n) is 7.30. The Hall–Kier alpha value is -2.28. The van der Waals surface area contributed by atoms with Gasteiger partial charge in [0.25, 0.3) is 0 Å². The zero-order valence-electron chi connectivity index (χ0n) is 15.8. The van der Waals surface area contributed by atoms with E-state index < -0.39 is 35.5 Å². The Kier molecular flexibility index (Phi) is 6.36. The van der Waals surface area contributed by atoms with Gasteiger partial charge in [0.15, 0.2) is 0 Å². The molecule has 0 saturated heterocycles. The number of nitrogens with one attached hydrogen (secondary N) is 1. The lowest BCUT2D eigenvalue weighted by Gasteiger charge is -2.34. The van der Waals surface area contributed by atoms with E-state index >= 15 is 0 Å². The molecule has 3 nitrogen and oxygen atoms in total. The largest absolute Gasteiger partial charge is 0.359 e. The number of carbonyl (C=O) groups excluding carboxylic acids is 1. The maximum atomic E-state index is 13.7. The number of likely N-dealkylation sites (N-methyl/N-ethyl adjacent to an activating group) is 1. The van der Waals surface area contributed by atoms with Gasteiger partial charge in [-0.1, -0.05) is 29.8 Å². The number of rotatable bonds is 5. The van der Waals surface area contributed by atoms with Gasteiger partial charge < -0.3 is 10.2 Å². The van der Waals surface area contributed by atoms with Crippen LogP contribution in [0.25, 0.3) is 0 Å². The molecule has 0 aliphatic heterocycles. The summed E-state index contributed by atoms with van der Waals surface area (Å²) in [5, 5.41) is 3.11. The van der Waals surface area contributed by atoms with Crippen molar-refractivity contribution >= 4 is 23.2 Å². The van der Waals surface area contributed by atoms with E-state index in [0.717, 1.165) is 18.2 Å². The minimum absolute atomic E-state index is 0.151. The average molecular weight is 429 g/mol. The monoisotopic (exact) mass is 428 g/mol. The van der Waals surface area contributed by atoms with E-state index in [1.807, 2.05) is 0 Å². The van der Waals surface area contributed by atoms with Gasteiger partial charge in [-0.2, -0.15) is 0 Å². The molecule has 156 valence electrons. The fraction of sp³-hybridized carbons (Fsp3) is 0.381. The summed E-state index contributed by atoms with van der Waals surface area (Å²) in [7, 11) is 1.52. The van der Waals surface area contributed by atoms with Crippen LogP contribution < -0.4 is 10.2 Å². The van der Waals surface area contributed by atoms with Gasteiger partial charge >= 0.3 is 0 Å². The second-order valence-corrected chi connectivity index (χ2v) is 7.71. The van der Waals surface area contributed by atoms with Crippen LogP contribution in [0, 0.1) is 11.6 Å². The molecule has 1 N–H and O–H groups in total. The van der Waals surface area contributed by atoms with Gasteiger partial charge in [-0.15, -0.1) is 0 Å². The molecule has 3 rings (SSSR count). The quantitative estimate of drug-likeness (QED) is 0.639. The number of carbonyl (C=O) groups is 1. The summed E-state index contributed by atoms with van der Waals surface area (Å²) in [6.45, 7) is 0. The highest BCUT2D eigenvalue weighted by atomic mass is 35.5. The minimum Gasteiger partial charge on any atom is -0.359 e. The molecule has 0 heterocycles. The first-order valence-corrected chi connectivity index (χ1v) is 9.66. The Bertz CT molecular complexity index is 862. The highest BCUT2D eigenvalue weighted by Gasteiger charge is 2.37. The van der Waals surface area contributed by atoms with Crippen LogP contribution in [0.5, 0.6) is 0 Å². The van der Waals surface area contributed by atoms with E-state index in [4.69, 9.17) is 11.6 Å². The molecular formula is C21H21ClF4N2O. The summed E-state index contributed by atoms with van der Waals surface area (Å²) in [6.07, 6.45) is -0.266. The molecule has 0 radical (unpaired) electrons. The van der Waals surface area contributed by atoms with Crippen molar-refractivity contribution in [2.45, 2.75) is 43.7 Å². The number of hydrogen-bond acceptors (Lipinski definition) is 2. The van der Waals surface area contributed by atoms with Gasteiger partial charge in [-0.3, -0.25) is 4.79 Å². The average Bonchev–Trinajstić information content (AvgIpc) is 2.64. The van der Waals surface area contributed by atoms with E-state index in [0.29, 0.717) is 10.6 Å². The zero-order valence-corrected chi connectivity index (χ0v) is 16.5. The van der Waals surface area contributed by atoms with Gasteiger partial charge in [-0.05, 0) is 31.0 Å². The van der Waals surface area contributed by atoms with Crippen molar-refractivity contribution in [3.05, 3.63) is 64.7 Å². The Morgan fingerprint density at radius 3 is 2.31 bits per heavy atom. The zero-order chi connectivity index (χ0) is 21.2. The third-order valence-electron chi connectivity index (χ3n) is 5.15. The van der Waals surface area contributed by atoms with Gasteiger partial charge in [0, 0.05) is 48.3 Å². The molecule has 1 unspecified atom stereocenters. The standard InChI is InChI=1S/C21H21ClF4N2O/c1-28(16-11-13(23)10-14(24)12-16)19(17-4-2-3-5-18(17)22)20(29)27-15-6-8-21(25,26)9-7-15/h2-5,10-12,15,19H,6-9H2,1H3,(H,27,29). The first-order valence-electron chi connectivity index (χ1n) is 9.28. The van der Waals surface area contributed by atoms with Crippen LogP contribution in [-0.4, -0.2) is 24.9 Å². The number of nitrogens with zero attached hydrogens (tertiary/aromatic N) is 1. The minimum atomic E-state index is -2.71. The third-order valence-corrected chi connectivity index (χ3v) is 5.50. The van der Waals surface area contributed by atoms with Crippen LogP contribution in [-0.2, 0) is 4.79 Å². The van der Waals surface area contributed by atoms with Crippen LogP contribution in [0.2, 0.25) is 5.02 Å². The summed E-state index contributed by atoms with van der Waals surface area (Å²) in [6, 6.07) is 8.23. The van der Waals surface area contributed by atoms with Crippen LogP contribution in [0.15, 0.2) is 42.5 Å². The predicted molar refractivity (Wildman–Crippen MR) is 104 cm³/mol. The lowest BCUT2D eigenvalue weighted by molar-refractivity contribution is -0.124. The SMILES string of the molecule is CN(c1cc(F)cc(F)c1)C(C(=O)NC1CCC(F)(F)CC1)c1ccccc1Cl. The number of benzene rings is 2. The van der Waals surface area contributed by atoms with E-state index in [2.05, 4.69) is 5.32 Å². The number of anilines is 1. The van der Waals surface area contributed by atoms with Crippen molar-refractivity contribution in [3.63, 3.8) is 0 Å². The molecule has 0 aromatic heterocycles. The summed E-state index contributed by atoms with van der Waals surface area (Å²) in [5.74, 6) is -4.74. The molecule has 1 aliphatic rings. The van der Waals surface area contributed by atoms with Gasteiger partial charge in [0.05, 0.1) is 0 Å². The predicted octanol–water partition coefficient (Wildman–Crippen LogP) is 5.49. The molecule has 0 spiro atoms. The highest BCUT2D eigenvalue weighted by Crippen LogP contribution is 2.35. The van der Waals surface area contributed by atoms with Crippen molar-refractivity contribution in [2.24, 2.45) is 0 Å². The first kappa shape index (κ1) is 21.4. The molecule has 8 heteroatoms. The number of alkyl halides is 2. The van der Waals surface area contributed by atoms with Crippen LogP contribution in [0.4, 0.5) is 23.2 Å². The summed E-state index contributed by atoms with van der Waals surface area (Å²) >= 11 is 6.28. The second kappa shape index (κ2) is 8.61. The summed E-state index contributed by atoms with van der Waals surface area (Å²) in [4.78, 5) is 14.5. The lowest BCUT2D eigenvalue weighted by Crippen LogP contribution is -2.46. The van der Waals surface area contributed by atoms with E-state index in [1.165, 1.54) is 11.9 Å². The molecule has 0 bridgehead atoms. The smallest absolute Gasteiger partial charge is 0.248 e. The van der Waals surface area contributed by atoms with E-state index in [9.17, 15) is 22.4 Å². The molecule has 1 amide bonds. The Labute approximate surface area is 171 Å². The number of hydrogen-bond donors (Lipinski definition) is 1. The normalized spacial score (nSPS) is 17.6. The van der Waals surface area contributed by atoms with Gasteiger partial charge in [0.2, 0.25) is 11.8 Å².